The lowest BCUT2D eigenvalue weighted by molar-refractivity contribution is -1.55. The second-order valence-electron chi connectivity index (χ2n) is 7.99. The first-order valence-corrected chi connectivity index (χ1v) is 7.54. The summed E-state index contributed by atoms with van der Waals surface area (Å²) in [5.74, 6) is 0.477. The van der Waals surface area contributed by atoms with Gasteiger partial charge in [-0.15, -0.1) is 9.29 Å². The highest BCUT2D eigenvalue weighted by Gasteiger charge is 2.47. The van der Waals surface area contributed by atoms with E-state index >= 15 is 0 Å². The molecule has 0 rings (SSSR count). The van der Waals surface area contributed by atoms with Gasteiger partial charge in [-0.05, 0) is 6.42 Å². The van der Waals surface area contributed by atoms with Gasteiger partial charge in [-0.2, -0.15) is 0 Å². The van der Waals surface area contributed by atoms with E-state index in [-0.39, 0.29) is 9.62 Å². The Labute approximate surface area is 130 Å². The van der Waals surface area contributed by atoms with Gasteiger partial charge in [-0.25, -0.2) is 0 Å². The summed E-state index contributed by atoms with van der Waals surface area (Å²) in [5, 5.41) is 0. The average Bonchev–Trinajstić information content (AvgIpc) is 2.07. The van der Waals surface area contributed by atoms with E-state index in [4.69, 9.17) is 14.8 Å². The summed E-state index contributed by atoms with van der Waals surface area (Å²) in [4.78, 5) is 18.1. The maximum absolute atomic E-state index is 6.15. The molecule has 0 aliphatic rings. The summed E-state index contributed by atoms with van der Waals surface area (Å²) in [6.07, 6.45) is 1.07. The van der Waals surface area contributed by atoms with Crippen LogP contribution in [-0.4, -0.2) is 88.9 Å². The number of nitrogens with zero attached hydrogens (tertiary/aromatic N) is 4. The second kappa shape index (κ2) is 6.87. The van der Waals surface area contributed by atoms with E-state index < -0.39 is 0 Å². The predicted octanol–water partition coefficient (Wildman–Crippen LogP) is 1.51. The van der Waals surface area contributed by atoms with Crippen molar-refractivity contribution in [2.75, 3.05) is 70.0 Å². The van der Waals surface area contributed by atoms with Crippen molar-refractivity contribution in [1.82, 2.24) is 0 Å². The van der Waals surface area contributed by atoms with E-state index in [1.807, 2.05) is 63.4 Å². The van der Waals surface area contributed by atoms with Gasteiger partial charge in [0.25, 0.3) is 0 Å². The van der Waals surface area contributed by atoms with Crippen molar-refractivity contribution >= 4 is 0 Å². The second-order valence-corrected chi connectivity index (χ2v) is 7.99. The summed E-state index contributed by atoms with van der Waals surface area (Å²) in [7, 11) is 17.4. The molecule has 0 aliphatic carbocycles. The van der Waals surface area contributed by atoms with Crippen LogP contribution in [0.5, 0.6) is 0 Å². The molecule has 21 heavy (non-hydrogen) atoms. The number of quaternary nitrogens is 4. The molecule has 0 amide bonds. The number of hydroxylamine groups is 14. The van der Waals surface area contributed by atoms with Gasteiger partial charge in [0.05, 0.1) is 14.6 Å². The molecule has 0 N–H and O–H groups in total. The zero-order valence-electron chi connectivity index (χ0n) is 16.0. The maximum Gasteiger partial charge on any atom is 0.156 e. The molecule has 0 aromatic carbocycles. The van der Waals surface area contributed by atoms with Gasteiger partial charge in [0.15, 0.2) is 6.54 Å². The standard InChI is InChI=1S/C14H38N4O3/c1-12-14(2)13-18(11,20-16(6,7)8)21-17(9,10)19-15(3,4)5/h14H,12-13H2,1-11H3/q+4. The Hall–Kier alpha value is -0.280. The van der Waals surface area contributed by atoms with Crippen LogP contribution in [0.1, 0.15) is 20.3 Å². The minimum Gasteiger partial charge on any atom is -0.131 e. The van der Waals surface area contributed by atoms with Crippen molar-refractivity contribution in [3.8, 4) is 0 Å². The molecule has 128 valence electrons. The van der Waals surface area contributed by atoms with Crippen LogP contribution in [0.15, 0.2) is 0 Å². The molecule has 0 saturated carbocycles. The Morgan fingerprint density at radius 1 is 0.714 bits per heavy atom. The fourth-order valence-electron chi connectivity index (χ4n) is 2.32. The highest BCUT2D eigenvalue weighted by molar-refractivity contribution is 4.43. The summed E-state index contributed by atoms with van der Waals surface area (Å²) in [6, 6.07) is 0. The van der Waals surface area contributed by atoms with Crippen LogP contribution in [0.3, 0.4) is 0 Å². The van der Waals surface area contributed by atoms with Crippen LogP contribution in [0, 0.1) is 5.92 Å². The van der Waals surface area contributed by atoms with Crippen LogP contribution < -0.4 is 0 Å². The minimum absolute atomic E-state index is 0.0194. The third kappa shape index (κ3) is 10.1. The fraction of sp³-hybridized carbons (Fsp3) is 1.00. The van der Waals surface area contributed by atoms with Crippen molar-refractivity contribution in [3.63, 3.8) is 0 Å². The maximum atomic E-state index is 6.15. The molecule has 0 bridgehead atoms. The monoisotopic (exact) mass is 310 g/mol. The Bertz CT molecular complexity index is 323. The normalized spacial score (nSPS) is 18.4. The molecular formula is C14H38N4O3+4. The molecule has 2 atom stereocenters. The first kappa shape index (κ1) is 20.7. The number of rotatable bonds is 9. The summed E-state index contributed by atoms with van der Waals surface area (Å²) >= 11 is 0. The lowest BCUT2D eigenvalue weighted by Crippen LogP contribution is -2.63. The van der Waals surface area contributed by atoms with Crippen molar-refractivity contribution in [2.24, 2.45) is 5.92 Å². The van der Waals surface area contributed by atoms with Crippen molar-refractivity contribution in [2.45, 2.75) is 20.3 Å². The summed E-state index contributed by atoms with van der Waals surface area (Å²) < 4.78 is 0.679. The fourth-order valence-corrected chi connectivity index (χ4v) is 2.32. The molecule has 2 unspecified atom stereocenters. The predicted molar refractivity (Wildman–Crippen MR) is 81.9 cm³/mol. The van der Waals surface area contributed by atoms with Gasteiger partial charge in [0.2, 0.25) is 0 Å². The summed E-state index contributed by atoms with van der Waals surface area (Å²) in [6.45, 7) is 5.11. The molecule has 0 aliphatic heterocycles. The van der Waals surface area contributed by atoms with Gasteiger partial charge in [-0.3, -0.25) is 0 Å². The molecule has 0 saturated heterocycles. The molecule has 0 aromatic heterocycles. The van der Waals surface area contributed by atoms with Crippen molar-refractivity contribution in [3.05, 3.63) is 0 Å². The first-order valence-electron chi connectivity index (χ1n) is 7.54. The van der Waals surface area contributed by atoms with E-state index in [1.54, 1.807) is 0 Å². The average molecular weight is 310 g/mol. The van der Waals surface area contributed by atoms with E-state index in [1.165, 1.54) is 0 Å². The zero-order chi connectivity index (χ0) is 17.1. The molecule has 0 aromatic rings. The molecule has 0 heterocycles. The first-order chi connectivity index (χ1) is 9.08. The molecule has 0 radical (unpaired) electrons. The lowest BCUT2D eigenvalue weighted by Gasteiger charge is -2.36. The van der Waals surface area contributed by atoms with Crippen LogP contribution in [-0.2, 0) is 14.8 Å². The van der Waals surface area contributed by atoms with Gasteiger partial charge in [0.1, 0.15) is 63.4 Å². The van der Waals surface area contributed by atoms with E-state index in [2.05, 4.69) is 13.8 Å². The zero-order valence-corrected chi connectivity index (χ0v) is 16.0. The van der Waals surface area contributed by atoms with E-state index in [0.717, 1.165) is 13.0 Å². The smallest absolute Gasteiger partial charge is 0.131 e. The van der Waals surface area contributed by atoms with Crippen LogP contribution in [0.25, 0.3) is 0 Å². The van der Waals surface area contributed by atoms with Crippen LogP contribution >= 0.6 is 0 Å². The highest BCUT2D eigenvalue weighted by Crippen LogP contribution is 2.21. The number of hydrogen-bond donors (Lipinski definition) is 0. The van der Waals surface area contributed by atoms with Gasteiger partial charge < -0.3 is 0 Å². The molecule has 7 heteroatoms. The van der Waals surface area contributed by atoms with Crippen LogP contribution in [0.2, 0.25) is 0 Å². The summed E-state index contributed by atoms with van der Waals surface area (Å²) in [5.41, 5.74) is 0. The van der Waals surface area contributed by atoms with Gasteiger partial charge >= 0.3 is 0 Å². The van der Waals surface area contributed by atoms with Gasteiger partial charge in [-0.1, -0.05) is 13.8 Å². The van der Waals surface area contributed by atoms with Gasteiger partial charge in [0, 0.05) is 15.8 Å². The third-order valence-electron chi connectivity index (χ3n) is 2.57. The number of hydrogen-bond acceptors (Lipinski definition) is 3. The van der Waals surface area contributed by atoms with Crippen LogP contribution in [0.4, 0.5) is 0 Å². The van der Waals surface area contributed by atoms with E-state index in [9.17, 15) is 0 Å². The highest BCUT2D eigenvalue weighted by atomic mass is 17.2. The third-order valence-corrected chi connectivity index (χ3v) is 2.57. The van der Waals surface area contributed by atoms with Crippen molar-refractivity contribution < 1.29 is 33.7 Å². The minimum atomic E-state index is -0.0591. The Kier molecular flexibility index (Phi) is 6.78. The Morgan fingerprint density at radius 2 is 1.14 bits per heavy atom. The SMILES string of the molecule is CCC(C)C[N+](C)(O[N+](C)(C)C)O[N+](C)(C)O[N+](C)(C)C. The van der Waals surface area contributed by atoms with Crippen molar-refractivity contribution in [1.29, 1.82) is 0 Å². The topological polar surface area (TPSA) is 27.7 Å². The Morgan fingerprint density at radius 3 is 1.48 bits per heavy atom. The van der Waals surface area contributed by atoms with E-state index in [0.29, 0.717) is 15.2 Å². The quantitative estimate of drug-likeness (QED) is 0.477. The lowest BCUT2D eigenvalue weighted by atomic mass is 10.1. The molecule has 0 spiro atoms. The Balaban J connectivity index is 5.13. The molecule has 7 nitrogen and oxygen atoms in total. The molecular weight excluding hydrogens is 272 g/mol. The largest absolute Gasteiger partial charge is 0.156 e. The molecule has 0 fully saturated rings.